The lowest BCUT2D eigenvalue weighted by atomic mass is 10.1. The highest BCUT2D eigenvalue weighted by Gasteiger charge is 2.21. The SMILES string of the molecule is COc1cc2cc(-c3ccccc3)n(Cc3cccc(C(=O)NS(=O)(=O)C(C)C)n3)c2cc1F. The monoisotopic (exact) mass is 481 g/mol. The molecule has 0 aliphatic heterocycles. The zero-order valence-corrected chi connectivity index (χ0v) is 19.8. The first kappa shape index (κ1) is 23.4. The molecule has 0 saturated heterocycles. The molecule has 0 bridgehead atoms. The molecule has 2 heterocycles. The standard InChI is InChI=1S/C25H24FN3O4S/c1-16(2)34(31,32)28-25(30)21-11-7-10-19(27-21)15-29-22(17-8-5-4-6-9-17)12-18-13-24(33-3)20(26)14-23(18)29/h4-14,16H,15H2,1-3H3,(H,28,30). The Hall–Kier alpha value is -3.72. The number of carbonyl (C=O) groups is 1. The zero-order chi connectivity index (χ0) is 24.5. The van der Waals surface area contributed by atoms with Crippen LogP contribution in [0.5, 0.6) is 5.75 Å². The van der Waals surface area contributed by atoms with Crippen LogP contribution in [0.1, 0.15) is 30.0 Å². The van der Waals surface area contributed by atoms with Crippen molar-refractivity contribution < 1.29 is 22.3 Å². The molecule has 1 amide bonds. The summed E-state index contributed by atoms with van der Waals surface area (Å²) in [6, 6.07) is 19.4. The number of aromatic nitrogens is 2. The van der Waals surface area contributed by atoms with Gasteiger partial charge in [0.1, 0.15) is 5.69 Å². The lowest BCUT2D eigenvalue weighted by Crippen LogP contribution is -2.36. The topological polar surface area (TPSA) is 90.3 Å². The largest absolute Gasteiger partial charge is 0.494 e. The number of rotatable bonds is 7. The molecule has 34 heavy (non-hydrogen) atoms. The fourth-order valence-corrected chi connectivity index (χ4v) is 4.19. The second-order valence-corrected chi connectivity index (χ2v) is 10.3. The number of fused-ring (bicyclic) bond motifs is 1. The smallest absolute Gasteiger partial charge is 0.283 e. The number of ether oxygens (including phenoxy) is 1. The van der Waals surface area contributed by atoms with Crippen LogP contribution in [0, 0.1) is 5.82 Å². The maximum atomic E-state index is 14.6. The Morgan fingerprint density at radius 3 is 2.50 bits per heavy atom. The van der Waals surface area contributed by atoms with E-state index in [4.69, 9.17) is 4.74 Å². The van der Waals surface area contributed by atoms with Crippen molar-refractivity contribution in [2.24, 2.45) is 0 Å². The van der Waals surface area contributed by atoms with Crippen molar-refractivity contribution in [2.45, 2.75) is 25.6 Å². The molecular weight excluding hydrogens is 457 g/mol. The number of halogens is 1. The Bertz CT molecular complexity index is 1460. The van der Waals surface area contributed by atoms with Gasteiger partial charge in [0, 0.05) is 17.1 Å². The van der Waals surface area contributed by atoms with E-state index in [9.17, 15) is 17.6 Å². The van der Waals surface area contributed by atoms with Crippen LogP contribution < -0.4 is 9.46 Å². The van der Waals surface area contributed by atoms with Crippen molar-refractivity contribution in [1.82, 2.24) is 14.3 Å². The van der Waals surface area contributed by atoms with Gasteiger partial charge in [-0.05, 0) is 43.7 Å². The van der Waals surface area contributed by atoms with Crippen LogP contribution in [0.25, 0.3) is 22.2 Å². The number of nitrogens with zero attached hydrogens (tertiary/aromatic N) is 2. The van der Waals surface area contributed by atoms with Gasteiger partial charge in [0.15, 0.2) is 11.6 Å². The average Bonchev–Trinajstić information content (AvgIpc) is 3.15. The summed E-state index contributed by atoms with van der Waals surface area (Å²) in [5.74, 6) is -1.15. The highest BCUT2D eigenvalue weighted by Crippen LogP contribution is 2.32. The predicted octanol–water partition coefficient (Wildman–Crippen LogP) is 4.37. The predicted molar refractivity (Wildman–Crippen MR) is 129 cm³/mol. The number of amides is 1. The number of benzene rings is 2. The number of hydrogen-bond acceptors (Lipinski definition) is 5. The van der Waals surface area contributed by atoms with Crippen molar-refractivity contribution in [3.8, 4) is 17.0 Å². The quantitative estimate of drug-likeness (QED) is 0.423. The van der Waals surface area contributed by atoms with Gasteiger partial charge >= 0.3 is 0 Å². The van der Waals surface area contributed by atoms with Gasteiger partial charge in [0.25, 0.3) is 5.91 Å². The molecule has 1 N–H and O–H groups in total. The molecule has 0 radical (unpaired) electrons. The van der Waals surface area contributed by atoms with E-state index >= 15 is 0 Å². The van der Waals surface area contributed by atoms with Crippen molar-refractivity contribution in [3.63, 3.8) is 0 Å². The van der Waals surface area contributed by atoms with E-state index in [1.54, 1.807) is 18.2 Å². The number of methoxy groups -OCH3 is 1. The molecule has 4 aromatic rings. The molecule has 9 heteroatoms. The summed E-state index contributed by atoms with van der Waals surface area (Å²) >= 11 is 0. The van der Waals surface area contributed by atoms with Gasteiger partial charge in [0.2, 0.25) is 10.0 Å². The van der Waals surface area contributed by atoms with Crippen molar-refractivity contribution in [1.29, 1.82) is 0 Å². The fourth-order valence-electron chi connectivity index (χ4n) is 3.59. The summed E-state index contributed by atoms with van der Waals surface area (Å²) in [6.45, 7) is 3.20. The molecule has 0 unspecified atom stereocenters. The lowest BCUT2D eigenvalue weighted by molar-refractivity contribution is 0.0976. The fraction of sp³-hybridized carbons (Fsp3) is 0.200. The molecule has 0 saturated carbocycles. The summed E-state index contributed by atoms with van der Waals surface area (Å²) in [6.07, 6.45) is 0. The number of pyridine rings is 1. The van der Waals surface area contributed by atoms with Crippen LogP contribution in [0.15, 0.2) is 66.7 Å². The molecule has 2 aromatic carbocycles. The number of hydrogen-bond donors (Lipinski definition) is 1. The second kappa shape index (κ2) is 9.26. The number of sulfonamides is 1. The Balaban J connectivity index is 1.77. The molecular formula is C25H24FN3O4S. The number of nitrogens with one attached hydrogen (secondary N) is 1. The van der Waals surface area contributed by atoms with Gasteiger partial charge in [0.05, 0.1) is 30.1 Å². The molecule has 0 aliphatic rings. The summed E-state index contributed by atoms with van der Waals surface area (Å²) in [4.78, 5) is 16.9. The Kier molecular flexibility index (Phi) is 6.39. The summed E-state index contributed by atoms with van der Waals surface area (Å²) in [7, 11) is -2.37. The first-order valence-electron chi connectivity index (χ1n) is 10.6. The highest BCUT2D eigenvalue weighted by atomic mass is 32.2. The maximum Gasteiger partial charge on any atom is 0.283 e. The summed E-state index contributed by atoms with van der Waals surface area (Å²) < 4.78 is 47.8. The van der Waals surface area contributed by atoms with E-state index in [1.807, 2.05) is 45.7 Å². The highest BCUT2D eigenvalue weighted by molar-refractivity contribution is 7.90. The lowest BCUT2D eigenvalue weighted by Gasteiger charge is -2.13. The molecule has 0 atom stereocenters. The third-order valence-electron chi connectivity index (χ3n) is 5.46. The third kappa shape index (κ3) is 4.65. The number of carbonyl (C=O) groups excluding carboxylic acids is 1. The molecule has 0 aliphatic carbocycles. The molecule has 0 fully saturated rings. The van der Waals surface area contributed by atoms with E-state index < -0.39 is 27.0 Å². The van der Waals surface area contributed by atoms with Crippen LogP contribution in [0.3, 0.4) is 0 Å². The maximum absolute atomic E-state index is 14.6. The minimum atomic E-state index is -3.79. The Morgan fingerprint density at radius 1 is 1.09 bits per heavy atom. The van der Waals surface area contributed by atoms with Gasteiger partial charge in [-0.25, -0.2) is 22.5 Å². The van der Waals surface area contributed by atoms with Gasteiger partial charge in [-0.15, -0.1) is 0 Å². The second-order valence-electron chi connectivity index (χ2n) is 8.07. The first-order valence-corrected chi connectivity index (χ1v) is 12.2. The normalized spacial score (nSPS) is 11.7. The summed E-state index contributed by atoms with van der Waals surface area (Å²) in [5.41, 5.74) is 2.89. The van der Waals surface area contributed by atoms with Crippen molar-refractivity contribution >= 4 is 26.8 Å². The van der Waals surface area contributed by atoms with Crippen molar-refractivity contribution in [3.05, 3.63) is 83.9 Å². The minimum absolute atomic E-state index is 0.0210. The molecule has 4 rings (SSSR count). The minimum Gasteiger partial charge on any atom is -0.494 e. The van der Waals surface area contributed by atoms with Crippen LogP contribution in [-0.2, 0) is 16.6 Å². The third-order valence-corrected chi connectivity index (χ3v) is 7.17. The molecule has 176 valence electrons. The van der Waals surface area contributed by atoms with E-state index in [2.05, 4.69) is 4.98 Å². The van der Waals surface area contributed by atoms with Crippen molar-refractivity contribution in [2.75, 3.05) is 7.11 Å². The van der Waals surface area contributed by atoms with Gasteiger partial charge < -0.3 is 9.30 Å². The van der Waals surface area contributed by atoms with Crippen LogP contribution >= 0.6 is 0 Å². The average molecular weight is 482 g/mol. The molecule has 7 nitrogen and oxygen atoms in total. The van der Waals surface area contributed by atoms with Gasteiger partial charge in [-0.1, -0.05) is 36.4 Å². The van der Waals surface area contributed by atoms with Crippen LogP contribution in [-0.4, -0.2) is 36.2 Å². The van der Waals surface area contributed by atoms with Gasteiger partial charge in [-0.2, -0.15) is 0 Å². The van der Waals surface area contributed by atoms with Gasteiger partial charge in [-0.3, -0.25) is 4.79 Å². The first-order chi connectivity index (χ1) is 16.2. The van der Waals surface area contributed by atoms with E-state index in [-0.39, 0.29) is 18.0 Å². The van der Waals surface area contributed by atoms with E-state index in [0.29, 0.717) is 11.2 Å². The Labute approximate surface area is 197 Å². The van der Waals surface area contributed by atoms with E-state index in [0.717, 1.165) is 16.6 Å². The Morgan fingerprint density at radius 2 is 1.82 bits per heavy atom. The van der Waals surface area contributed by atoms with Crippen LogP contribution in [0.4, 0.5) is 4.39 Å². The van der Waals surface area contributed by atoms with Crippen LogP contribution in [0.2, 0.25) is 0 Å². The molecule has 0 spiro atoms. The molecule has 2 aromatic heterocycles. The summed E-state index contributed by atoms with van der Waals surface area (Å²) in [5, 5.41) is 0.0280. The zero-order valence-electron chi connectivity index (χ0n) is 18.9. The van der Waals surface area contributed by atoms with E-state index in [1.165, 1.54) is 33.1 Å².